The third-order valence-electron chi connectivity index (χ3n) is 4.88. The molecule has 1 fully saturated rings. The number of benzene rings is 1. The summed E-state index contributed by atoms with van der Waals surface area (Å²) in [6.45, 7) is 3.22. The van der Waals surface area contributed by atoms with E-state index in [1.807, 2.05) is 0 Å². The monoisotopic (exact) mass is 290 g/mol. The summed E-state index contributed by atoms with van der Waals surface area (Å²) in [6, 6.07) is 11.4. The number of nitrogens with two attached hydrogens (primary N) is 1. The number of hydrogen-bond acceptors (Lipinski definition) is 3. The number of hydrogen-bond donors (Lipinski definition) is 3. The van der Waals surface area contributed by atoms with Crippen LogP contribution in [0.3, 0.4) is 0 Å². The first kappa shape index (κ1) is 16.5. The van der Waals surface area contributed by atoms with Crippen LogP contribution in [-0.2, 0) is 0 Å². The Morgan fingerprint density at radius 3 is 2.62 bits per heavy atom. The lowest BCUT2D eigenvalue weighted by atomic mass is 9.84. The first-order valence-electron chi connectivity index (χ1n) is 8.36. The second-order valence-electron chi connectivity index (χ2n) is 6.48. The minimum absolute atomic E-state index is 0.295. The molecule has 0 aliphatic heterocycles. The van der Waals surface area contributed by atoms with Crippen molar-refractivity contribution in [3.05, 3.63) is 35.9 Å². The highest BCUT2D eigenvalue weighted by molar-refractivity contribution is 5.19. The summed E-state index contributed by atoms with van der Waals surface area (Å²) in [6.07, 6.45) is 5.87. The predicted molar refractivity (Wildman–Crippen MR) is 88.3 cm³/mol. The fourth-order valence-electron chi connectivity index (χ4n) is 3.53. The van der Waals surface area contributed by atoms with Gasteiger partial charge >= 0.3 is 0 Å². The number of rotatable bonds is 7. The molecule has 0 spiro atoms. The van der Waals surface area contributed by atoms with Crippen molar-refractivity contribution >= 4 is 0 Å². The number of aliphatic hydroxyl groups excluding tert-OH is 1. The zero-order valence-electron chi connectivity index (χ0n) is 13.2. The second-order valence-corrected chi connectivity index (χ2v) is 6.48. The van der Waals surface area contributed by atoms with Gasteiger partial charge in [0.25, 0.3) is 0 Å². The summed E-state index contributed by atoms with van der Waals surface area (Å²) >= 11 is 0. The lowest BCUT2D eigenvalue weighted by molar-refractivity contribution is 0.144. The molecule has 0 saturated heterocycles. The topological polar surface area (TPSA) is 58.3 Å². The number of aliphatic hydroxyl groups is 1. The van der Waals surface area contributed by atoms with Crippen molar-refractivity contribution in [2.24, 2.45) is 11.7 Å². The van der Waals surface area contributed by atoms with Gasteiger partial charge < -0.3 is 16.2 Å². The summed E-state index contributed by atoms with van der Waals surface area (Å²) in [4.78, 5) is 0. The van der Waals surface area contributed by atoms with Crippen LogP contribution in [0.1, 0.15) is 50.5 Å². The molecule has 4 atom stereocenters. The van der Waals surface area contributed by atoms with Gasteiger partial charge in [0.15, 0.2) is 0 Å². The maximum atomic E-state index is 9.54. The highest BCUT2D eigenvalue weighted by Crippen LogP contribution is 2.26. The molecule has 3 heteroatoms. The standard InChI is InChI=1S/C18H30N2O/c1-14(15-7-3-2-4-8-15)11-17(12-19)20-18-10-6-5-9-16(18)13-21/h2-4,7-8,14,16-18,20-21H,5-6,9-13,19H2,1H3. The molecule has 1 aromatic carbocycles. The zero-order chi connectivity index (χ0) is 15.1. The highest BCUT2D eigenvalue weighted by Gasteiger charge is 2.26. The Labute approximate surface area is 128 Å². The van der Waals surface area contributed by atoms with Gasteiger partial charge in [-0.15, -0.1) is 0 Å². The van der Waals surface area contributed by atoms with Gasteiger partial charge in [0.05, 0.1) is 0 Å². The van der Waals surface area contributed by atoms with Gasteiger partial charge in [-0.1, -0.05) is 50.1 Å². The summed E-state index contributed by atoms with van der Waals surface area (Å²) in [5, 5.41) is 13.3. The molecule has 0 bridgehead atoms. The molecular weight excluding hydrogens is 260 g/mol. The fourth-order valence-corrected chi connectivity index (χ4v) is 3.53. The van der Waals surface area contributed by atoms with Crippen LogP contribution in [0.15, 0.2) is 30.3 Å². The van der Waals surface area contributed by atoms with Crippen molar-refractivity contribution in [3.63, 3.8) is 0 Å². The third-order valence-corrected chi connectivity index (χ3v) is 4.88. The van der Waals surface area contributed by atoms with E-state index in [0.717, 1.165) is 12.8 Å². The Bertz CT molecular complexity index is 395. The van der Waals surface area contributed by atoms with E-state index < -0.39 is 0 Å². The first-order chi connectivity index (χ1) is 10.2. The zero-order valence-corrected chi connectivity index (χ0v) is 13.2. The quantitative estimate of drug-likeness (QED) is 0.723. The fraction of sp³-hybridized carbons (Fsp3) is 0.667. The van der Waals surface area contributed by atoms with Crippen LogP contribution in [0, 0.1) is 5.92 Å². The van der Waals surface area contributed by atoms with Crippen LogP contribution in [-0.4, -0.2) is 30.3 Å². The minimum Gasteiger partial charge on any atom is -0.396 e. The SMILES string of the molecule is CC(CC(CN)NC1CCCCC1CO)c1ccccc1. The van der Waals surface area contributed by atoms with Crippen LogP contribution in [0.2, 0.25) is 0 Å². The van der Waals surface area contributed by atoms with Gasteiger partial charge in [-0.05, 0) is 36.7 Å². The molecule has 118 valence electrons. The van der Waals surface area contributed by atoms with Crippen LogP contribution < -0.4 is 11.1 Å². The average molecular weight is 290 g/mol. The van der Waals surface area contributed by atoms with E-state index in [1.165, 1.54) is 24.8 Å². The molecule has 2 rings (SSSR count). The number of nitrogens with one attached hydrogen (secondary N) is 1. The normalized spacial score (nSPS) is 25.5. The minimum atomic E-state index is 0.295. The van der Waals surface area contributed by atoms with Crippen LogP contribution in [0.5, 0.6) is 0 Å². The van der Waals surface area contributed by atoms with Gasteiger partial charge in [-0.3, -0.25) is 0 Å². The van der Waals surface area contributed by atoms with Crippen molar-refractivity contribution < 1.29 is 5.11 Å². The first-order valence-corrected chi connectivity index (χ1v) is 8.36. The van der Waals surface area contributed by atoms with Gasteiger partial charge in [0, 0.05) is 25.2 Å². The predicted octanol–water partition coefficient (Wildman–Crippen LogP) is 2.65. The van der Waals surface area contributed by atoms with E-state index in [1.54, 1.807) is 0 Å². The van der Waals surface area contributed by atoms with E-state index in [0.29, 0.717) is 37.1 Å². The summed E-state index contributed by atoms with van der Waals surface area (Å²) in [5.41, 5.74) is 7.35. The van der Waals surface area contributed by atoms with Gasteiger partial charge in [0.1, 0.15) is 0 Å². The van der Waals surface area contributed by atoms with E-state index in [4.69, 9.17) is 5.73 Å². The van der Waals surface area contributed by atoms with E-state index in [2.05, 4.69) is 42.6 Å². The molecule has 0 heterocycles. The molecule has 1 aliphatic rings. The van der Waals surface area contributed by atoms with E-state index in [-0.39, 0.29) is 0 Å². The Balaban J connectivity index is 1.90. The molecule has 4 N–H and O–H groups in total. The van der Waals surface area contributed by atoms with Crippen molar-refractivity contribution in [2.45, 2.75) is 57.0 Å². The molecule has 0 radical (unpaired) electrons. The summed E-state index contributed by atoms with van der Waals surface area (Å²) in [7, 11) is 0. The van der Waals surface area contributed by atoms with E-state index in [9.17, 15) is 5.11 Å². The molecule has 3 nitrogen and oxygen atoms in total. The van der Waals surface area contributed by atoms with Crippen molar-refractivity contribution in [2.75, 3.05) is 13.2 Å². The maximum absolute atomic E-state index is 9.54. The molecule has 0 aromatic heterocycles. The molecule has 4 unspecified atom stereocenters. The van der Waals surface area contributed by atoms with Gasteiger partial charge in [-0.2, -0.15) is 0 Å². The smallest absolute Gasteiger partial charge is 0.0474 e. The highest BCUT2D eigenvalue weighted by atomic mass is 16.3. The lowest BCUT2D eigenvalue weighted by Crippen LogP contribution is -2.48. The van der Waals surface area contributed by atoms with E-state index >= 15 is 0 Å². The average Bonchev–Trinajstić information content (AvgIpc) is 2.55. The Kier molecular flexibility index (Phi) is 6.68. The Hall–Kier alpha value is -0.900. The molecule has 0 amide bonds. The van der Waals surface area contributed by atoms with Gasteiger partial charge in [0.2, 0.25) is 0 Å². The summed E-state index contributed by atoms with van der Waals surface area (Å²) in [5.74, 6) is 0.906. The third kappa shape index (κ3) is 4.80. The largest absolute Gasteiger partial charge is 0.396 e. The van der Waals surface area contributed by atoms with Crippen molar-refractivity contribution in [1.82, 2.24) is 5.32 Å². The van der Waals surface area contributed by atoms with Crippen molar-refractivity contribution in [1.29, 1.82) is 0 Å². The maximum Gasteiger partial charge on any atom is 0.0474 e. The van der Waals surface area contributed by atoms with Crippen LogP contribution >= 0.6 is 0 Å². The second kappa shape index (κ2) is 8.52. The van der Waals surface area contributed by atoms with Gasteiger partial charge in [-0.25, -0.2) is 0 Å². The lowest BCUT2D eigenvalue weighted by Gasteiger charge is -2.35. The summed E-state index contributed by atoms with van der Waals surface area (Å²) < 4.78 is 0. The molecule has 21 heavy (non-hydrogen) atoms. The molecule has 1 aliphatic carbocycles. The van der Waals surface area contributed by atoms with Crippen LogP contribution in [0.4, 0.5) is 0 Å². The Morgan fingerprint density at radius 1 is 1.24 bits per heavy atom. The van der Waals surface area contributed by atoms with Crippen LogP contribution in [0.25, 0.3) is 0 Å². The Morgan fingerprint density at radius 2 is 1.95 bits per heavy atom. The molecule has 1 saturated carbocycles. The molecular formula is C18H30N2O. The molecule has 1 aromatic rings. The van der Waals surface area contributed by atoms with Crippen molar-refractivity contribution in [3.8, 4) is 0 Å².